The van der Waals surface area contributed by atoms with Crippen molar-refractivity contribution in [2.24, 2.45) is 7.05 Å². The van der Waals surface area contributed by atoms with Gasteiger partial charge in [-0.1, -0.05) is 0 Å². The number of hydrogen-bond donors (Lipinski definition) is 1. The van der Waals surface area contributed by atoms with Crippen molar-refractivity contribution < 1.29 is 19.0 Å². The Morgan fingerprint density at radius 3 is 2.65 bits per heavy atom. The van der Waals surface area contributed by atoms with Crippen LogP contribution in [0.3, 0.4) is 0 Å². The second-order valence-corrected chi connectivity index (χ2v) is 4.03. The molecule has 0 aliphatic carbocycles. The van der Waals surface area contributed by atoms with Gasteiger partial charge in [0.25, 0.3) is 6.47 Å². The zero-order valence-corrected chi connectivity index (χ0v) is 11.5. The molecule has 0 bridgehead atoms. The average molecular weight is 281 g/mol. The van der Waals surface area contributed by atoms with E-state index < -0.39 is 0 Å². The first-order valence-corrected chi connectivity index (χ1v) is 5.76. The van der Waals surface area contributed by atoms with Crippen molar-refractivity contribution in [1.82, 2.24) is 14.8 Å². The normalized spacial score (nSPS) is 9.80. The molecule has 1 aromatic heterocycles. The minimum absolute atomic E-state index is 0.250. The van der Waals surface area contributed by atoms with Gasteiger partial charge in [0.05, 0.1) is 0 Å². The summed E-state index contributed by atoms with van der Waals surface area (Å²) >= 11 is 0. The van der Waals surface area contributed by atoms with Gasteiger partial charge >= 0.3 is 0 Å². The molecule has 0 saturated carbocycles. The van der Waals surface area contributed by atoms with Crippen LogP contribution in [-0.2, 0) is 23.2 Å². The highest BCUT2D eigenvalue weighted by Gasteiger charge is 2.10. The molecule has 0 spiro atoms. The first kappa shape index (κ1) is 15.8. The van der Waals surface area contributed by atoms with Gasteiger partial charge in [0.15, 0.2) is 11.6 Å². The van der Waals surface area contributed by atoms with Gasteiger partial charge in [-0.05, 0) is 30.7 Å². The molecule has 1 N–H and O–H groups in total. The van der Waals surface area contributed by atoms with E-state index in [0.717, 1.165) is 5.56 Å². The molecule has 7 heteroatoms. The van der Waals surface area contributed by atoms with Crippen molar-refractivity contribution >= 4 is 6.47 Å². The van der Waals surface area contributed by atoms with Crippen LogP contribution in [0, 0.1) is 12.7 Å². The molecule has 0 unspecified atom stereocenters. The Kier molecular flexibility index (Phi) is 5.79. The van der Waals surface area contributed by atoms with Crippen LogP contribution in [0.4, 0.5) is 4.39 Å². The summed E-state index contributed by atoms with van der Waals surface area (Å²) in [5, 5.41) is 11.1. The Bertz CT molecular complexity index is 564. The predicted molar refractivity (Wildman–Crippen MR) is 70.5 cm³/mol. The maximum absolute atomic E-state index is 13.3. The van der Waals surface area contributed by atoms with Crippen LogP contribution in [-0.4, -0.2) is 33.5 Å². The fourth-order valence-electron chi connectivity index (χ4n) is 1.66. The Balaban J connectivity index is 0.000000612. The van der Waals surface area contributed by atoms with E-state index in [9.17, 15) is 4.39 Å². The van der Waals surface area contributed by atoms with Crippen LogP contribution < -0.4 is 0 Å². The lowest BCUT2D eigenvalue weighted by molar-refractivity contribution is -0.122. The Hall–Kier alpha value is -2.28. The molecule has 1 aromatic carbocycles. The van der Waals surface area contributed by atoms with E-state index in [1.165, 1.54) is 12.1 Å². The summed E-state index contributed by atoms with van der Waals surface area (Å²) < 4.78 is 19.9. The quantitative estimate of drug-likeness (QED) is 0.868. The van der Waals surface area contributed by atoms with Gasteiger partial charge in [0, 0.05) is 19.7 Å². The molecule has 0 fully saturated rings. The lowest BCUT2D eigenvalue weighted by Crippen LogP contribution is -2.00. The van der Waals surface area contributed by atoms with Crippen molar-refractivity contribution in [3.63, 3.8) is 0 Å². The Morgan fingerprint density at radius 2 is 2.10 bits per heavy atom. The van der Waals surface area contributed by atoms with Crippen LogP contribution in [0.15, 0.2) is 18.2 Å². The highest BCUT2D eigenvalue weighted by molar-refractivity contribution is 5.55. The van der Waals surface area contributed by atoms with Gasteiger partial charge in [-0.15, -0.1) is 0 Å². The Morgan fingerprint density at radius 1 is 1.45 bits per heavy atom. The second kappa shape index (κ2) is 7.34. The maximum atomic E-state index is 13.3. The number of nitrogens with zero attached hydrogens (tertiary/aromatic N) is 3. The van der Waals surface area contributed by atoms with Crippen LogP contribution in [0.1, 0.15) is 11.4 Å². The van der Waals surface area contributed by atoms with Gasteiger partial charge < -0.3 is 9.84 Å². The molecule has 0 atom stereocenters. The lowest BCUT2D eigenvalue weighted by Gasteiger charge is -1.98. The van der Waals surface area contributed by atoms with Crippen molar-refractivity contribution in [3.8, 4) is 11.4 Å². The molecule has 0 aliphatic heterocycles. The molecule has 108 valence electrons. The summed E-state index contributed by atoms with van der Waals surface area (Å²) in [6.07, 6.45) is 0. The number of aryl methyl sites for hydroxylation is 2. The number of benzene rings is 1. The van der Waals surface area contributed by atoms with E-state index in [0.29, 0.717) is 23.8 Å². The van der Waals surface area contributed by atoms with E-state index in [1.54, 1.807) is 18.8 Å². The monoisotopic (exact) mass is 281 g/mol. The first-order chi connectivity index (χ1) is 9.51. The molecule has 0 amide bonds. The van der Waals surface area contributed by atoms with Gasteiger partial charge in [-0.2, -0.15) is 5.10 Å². The third-order valence-corrected chi connectivity index (χ3v) is 2.43. The van der Waals surface area contributed by atoms with Gasteiger partial charge in [0.1, 0.15) is 12.4 Å². The lowest BCUT2D eigenvalue weighted by atomic mass is 10.1. The molecule has 0 aliphatic rings. The fraction of sp³-hybridized carbons (Fsp3) is 0.308. The summed E-state index contributed by atoms with van der Waals surface area (Å²) in [5.41, 5.74) is 1.53. The van der Waals surface area contributed by atoms with Gasteiger partial charge in [-0.25, -0.2) is 9.37 Å². The van der Waals surface area contributed by atoms with E-state index in [-0.39, 0.29) is 12.3 Å². The number of methoxy groups -OCH3 is 1. The SMILES string of the molecule is COCc1nc(-c2cc(C)cc(F)c2)nn1C.O=CO. The largest absolute Gasteiger partial charge is 0.483 e. The maximum Gasteiger partial charge on any atom is 0.290 e. The van der Waals surface area contributed by atoms with Crippen molar-refractivity contribution in [2.45, 2.75) is 13.5 Å². The highest BCUT2D eigenvalue weighted by Crippen LogP contribution is 2.18. The van der Waals surface area contributed by atoms with Crippen LogP contribution >= 0.6 is 0 Å². The zero-order chi connectivity index (χ0) is 15.1. The smallest absolute Gasteiger partial charge is 0.290 e. The highest BCUT2D eigenvalue weighted by atomic mass is 19.1. The molecular formula is C13H16FN3O3. The number of halogens is 1. The molecule has 20 heavy (non-hydrogen) atoms. The third-order valence-electron chi connectivity index (χ3n) is 2.43. The first-order valence-electron chi connectivity index (χ1n) is 5.76. The second-order valence-electron chi connectivity index (χ2n) is 4.03. The van der Waals surface area contributed by atoms with E-state index in [4.69, 9.17) is 14.6 Å². The molecule has 1 heterocycles. The summed E-state index contributed by atoms with van der Waals surface area (Å²) in [6, 6.07) is 4.76. The predicted octanol–water partition coefficient (Wildman–Crippen LogP) is 1.78. The molecule has 0 radical (unpaired) electrons. The minimum Gasteiger partial charge on any atom is -0.483 e. The number of rotatable bonds is 3. The topological polar surface area (TPSA) is 77.2 Å². The molecular weight excluding hydrogens is 265 g/mol. The molecule has 0 saturated heterocycles. The third kappa shape index (κ3) is 4.13. The minimum atomic E-state index is -0.277. The molecule has 2 rings (SSSR count). The van der Waals surface area contributed by atoms with Crippen LogP contribution in [0.5, 0.6) is 0 Å². The summed E-state index contributed by atoms with van der Waals surface area (Å²) in [4.78, 5) is 12.7. The zero-order valence-electron chi connectivity index (χ0n) is 11.5. The van der Waals surface area contributed by atoms with E-state index >= 15 is 0 Å². The number of carboxylic acid groups (broad SMARTS) is 1. The van der Waals surface area contributed by atoms with Gasteiger partial charge in [0.2, 0.25) is 0 Å². The number of carbonyl (C=O) groups is 1. The van der Waals surface area contributed by atoms with Crippen molar-refractivity contribution in [2.75, 3.05) is 7.11 Å². The molecule has 2 aromatic rings. The standard InChI is InChI=1S/C12H14FN3O.CH2O2/c1-8-4-9(6-10(13)5-8)12-14-11(7-17-3)16(2)15-12;2-1-3/h4-6H,7H2,1-3H3;1H,(H,2,3). The van der Waals surface area contributed by atoms with Crippen LogP contribution in [0.25, 0.3) is 11.4 Å². The van der Waals surface area contributed by atoms with E-state index in [1.807, 2.05) is 13.0 Å². The van der Waals surface area contributed by atoms with Gasteiger partial charge in [-0.3, -0.25) is 9.48 Å². The van der Waals surface area contributed by atoms with E-state index in [2.05, 4.69) is 10.1 Å². The summed E-state index contributed by atoms with van der Waals surface area (Å²) in [7, 11) is 3.39. The molecule has 6 nitrogen and oxygen atoms in total. The number of aromatic nitrogens is 3. The summed E-state index contributed by atoms with van der Waals surface area (Å²) in [6.45, 7) is 1.98. The van der Waals surface area contributed by atoms with Crippen LogP contribution in [0.2, 0.25) is 0 Å². The number of ether oxygens (including phenoxy) is 1. The number of hydrogen-bond acceptors (Lipinski definition) is 4. The van der Waals surface area contributed by atoms with Crippen molar-refractivity contribution in [3.05, 3.63) is 35.4 Å². The van der Waals surface area contributed by atoms with Crippen molar-refractivity contribution in [1.29, 1.82) is 0 Å². The fourth-order valence-corrected chi connectivity index (χ4v) is 1.66. The Labute approximate surface area is 115 Å². The average Bonchev–Trinajstić information content (AvgIpc) is 2.71. The summed E-state index contributed by atoms with van der Waals surface area (Å²) in [5.74, 6) is 0.951.